The van der Waals surface area contributed by atoms with E-state index in [1.807, 2.05) is 4.90 Å². The second-order valence-corrected chi connectivity index (χ2v) is 7.17. The van der Waals surface area contributed by atoms with E-state index in [9.17, 15) is 14.3 Å². The van der Waals surface area contributed by atoms with Gasteiger partial charge >= 0.3 is 0 Å². The van der Waals surface area contributed by atoms with Crippen LogP contribution in [0, 0.1) is 24.6 Å². The number of halogens is 1. The van der Waals surface area contributed by atoms with Crippen LogP contribution in [0.1, 0.15) is 11.1 Å². The molecule has 0 aromatic heterocycles. The van der Waals surface area contributed by atoms with Gasteiger partial charge in [0.25, 0.3) is 0 Å². The van der Waals surface area contributed by atoms with Crippen LogP contribution in [0.15, 0.2) is 18.2 Å². The topological polar surface area (TPSA) is 53.0 Å². The van der Waals surface area contributed by atoms with Gasteiger partial charge in [-0.15, -0.1) is 0 Å². The van der Waals surface area contributed by atoms with E-state index >= 15 is 0 Å². The number of carbonyl (C=O) groups excluding carboxylic acids is 1. The van der Waals surface area contributed by atoms with Gasteiger partial charge < -0.3 is 14.7 Å². The zero-order valence-electron chi connectivity index (χ0n) is 14.8. The number of benzene rings is 1. The summed E-state index contributed by atoms with van der Waals surface area (Å²) in [6, 6.07) is 4.96. The number of hydrogen-bond acceptors (Lipinski definition) is 4. The number of rotatable bonds is 5. The number of ether oxygens (including phenoxy) is 1. The van der Waals surface area contributed by atoms with E-state index in [2.05, 4.69) is 4.90 Å². The van der Waals surface area contributed by atoms with Gasteiger partial charge in [0.2, 0.25) is 5.91 Å². The van der Waals surface area contributed by atoms with Crippen LogP contribution in [0.4, 0.5) is 4.39 Å². The third kappa shape index (κ3) is 4.57. The summed E-state index contributed by atoms with van der Waals surface area (Å²) in [6.07, 6.45) is 0.208. The van der Waals surface area contributed by atoms with Crippen molar-refractivity contribution in [2.45, 2.75) is 13.3 Å². The number of amides is 1. The molecule has 3 rings (SSSR count). The maximum atomic E-state index is 13.7. The Morgan fingerprint density at radius 2 is 2.00 bits per heavy atom. The lowest BCUT2D eigenvalue weighted by Crippen LogP contribution is -2.41. The first-order valence-electron chi connectivity index (χ1n) is 9.00. The molecule has 1 amide bonds. The lowest BCUT2D eigenvalue weighted by Gasteiger charge is -2.30. The molecule has 1 N–H and O–H groups in total. The molecule has 6 heteroatoms. The van der Waals surface area contributed by atoms with Crippen LogP contribution in [0.5, 0.6) is 0 Å². The van der Waals surface area contributed by atoms with Crippen LogP contribution in [0.3, 0.4) is 0 Å². The van der Waals surface area contributed by atoms with Crippen LogP contribution in [0.2, 0.25) is 0 Å². The monoisotopic (exact) mass is 350 g/mol. The van der Waals surface area contributed by atoms with E-state index in [0.29, 0.717) is 24.2 Å². The van der Waals surface area contributed by atoms with Crippen LogP contribution in [0.25, 0.3) is 0 Å². The van der Waals surface area contributed by atoms with Crippen LogP contribution >= 0.6 is 0 Å². The summed E-state index contributed by atoms with van der Waals surface area (Å²) in [5.41, 5.74) is 1.29. The molecular formula is C19H27FN2O3. The van der Waals surface area contributed by atoms with Gasteiger partial charge in [-0.05, 0) is 30.0 Å². The lowest BCUT2D eigenvalue weighted by molar-refractivity contribution is -0.129. The van der Waals surface area contributed by atoms with Crippen molar-refractivity contribution < 1.29 is 19.0 Å². The molecule has 2 aliphatic heterocycles. The van der Waals surface area contributed by atoms with Crippen molar-refractivity contribution in [3.8, 4) is 0 Å². The number of aryl methyl sites for hydroxylation is 1. The molecule has 0 spiro atoms. The number of nitrogens with zero attached hydrogens (tertiary/aromatic N) is 2. The predicted molar refractivity (Wildman–Crippen MR) is 92.7 cm³/mol. The minimum Gasteiger partial charge on any atom is -0.396 e. The quantitative estimate of drug-likeness (QED) is 0.863. The van der Waals surface area contributed by atoms with E-state index in [-0.39, 0.29) is 36.6 Å². The summed E-state index contributed by atoms with van der Waals surface area (Å²) in [5.74, 6) is 0.125. The van der Waals surface area contributed by atoms with E-state index in [1.165, 1.54) is 6.07 Å². The number of likely N-dealkylation sites (tertiary alicyclic amines) is 1. The van der Waals surface area contributed by atoms with E-state index < -0.39 is 0 Å². The SMILES string of the molecule is Cc1ccc(CC(=O)N2C[C@@H](CN3CCOCC3)[C@@H](CO)C2)cc1F. The minimum atomic E-state index is -0.273. The summed E-state index contributed by atoms with van der Waals surface area (Å²) in [4.78, 5) is 16.8. The van der Waals surface area contributed by atoms with Crippen molar-refractivity contribution in [3.63, 3.8) is 0 Å². The molecule has 138 valence electrons. The van der Waals surface area contributed by atoms with E-state index in [1.54, 1.807) is 19.1 Å². The molecule has 1 aromatic rings. The van der Waals surface area contributed by atoms with Crippen molar-refractivity contribution in [2.75, 3.05) is 52.5 Å². The number of carbonyl (C=O) groups is 1. The Hall–Kier alpha value is -1.50. The van der Waals surface area contributed by atoms with Crippen molar-refractivity contribution >= 4 is 5.91 Å². The molecule has 0 aliphatic carbocycles. The summed E-state index contributed by atoms with van der Waals surface area (Å²) < 4.78 is 19.0. The maximum Gasteiger partial charge on any atom is 0.227 e. The summed E-state index contributed by atoms with van der Waals surface area (Å²) in [7, 11) is 0. The number of hydrogen-bond donors (Lipinski definition) is 1. The standard InChI is InChI=1S/C19H27FN2O3/c1-14-2-3-15(8-18(14)20)9-19(24)22-11-16(17(12-22)13-23)10-21-4-6-25-7-5-21/h2-3,8,16-17,23H,4-7,9-13H2,1H3/t16-,17-/m1/s1. The predicted octanol–water partition coefficient (Wildman–Crippen LogP) is 1.08. The summed E-state index contributed by atoms with van der Waals surface area (Å²) in [5, 5.41) is 9.69. The highest BCUT2D eigenvalue weighted by Crippen LogP contribution is 2.25. The molecule has 1 aromatic carbocycles. The Balaban J connectivity index is 1.58. The fourth-order valence-electron chi connectivity index (χ4n) is 3.70. The van der Waals surface area contributed by atoms with Crippen molar-refractivity contribution in [2.24, 2.45) is 11.8 Å². The Morgan fingerprint density at radius 1 is 1.28 bits per heavy atom. The summed E-state index contributed by atoms with van der Waals surface area (Å²) >= 11 is 0. The van der Waals surface area contributed by atoms with E-state index in [4.69, 9.17) is 4.74 Å². The Kier molecular flexibility index (Phi) is 6.04. The van der Waals surface area contributed by atoms with Gasteiger partial charge in [0.1, 0.15) is 5.82 Å². The van der Waals surface area contributed by atoms with Gasteiger partial charge in [0, 0.05) is 45.2 Å². The molecule has 2 atom stereocenters. The highest BCUT2D eigenvalue weighted by atomic mass is 19.1. The van der Waals surface area contributed by atoms with Crippen LogP contribution in [-0.2, 0) is 16.0 Å². The molecule has 5 nitrogen and oxygen atoms in total. The molecule has 0 bridgehead atoms. The first kappa shape index (κ1) is 18.3. The van der Waals surface area contributed by atoms with E-state index in [0.717, 1.165) is 32.8 Å². The fourth-order valence-corrected chi connectivity index (χ4v) is 3.70. The van der Waals surface area contributed by atoms with Crippen LogP contribution in [-0.4, -0.2) is 73.4 Å². The Morgan fingerprint density at radius 3 is 2.68 bits per heavy atom. The smallest absolute Gasteiger partial charge is 0.227 e. The largest absolute Gasteiger partial charge is 0.396 e. The molecular weight excluding hydrogens is 323 g/mol. The normalized spacial score (nSPS) is 24.7. The number of morpholine rings is 1. The maximum absolute atomic E-state index is 13.7. The Labute approximate surface area is 148 Å². The van der Waals surface area contributed by atoms with Gasteiger partial charge in [-0.2, -0.15) is 0 Å². The molecule has 0 saturated carbocycles. The third-order valence-electron chi connectivity index (χ3n) is 5.35. The molecule has 2 saturated heterocycles. The van der Waals surface area contributed by atoms with Crippen LogP contribution < -0.4 is 0 Å². The first-order valence-corrected chi connectivity index (χ1v) is 9.00. The molecule has 0 unspecified atom stereocenters. The molecule has 2 heterocycles. The lowest BCUT2D eigenvalue weighted by atomic mass is 9.96. The fraction of sp³-hybridized carbons (Fsp3) is 0.632. The highest BCUT2D eigenvalue weighted by Gasteiger charge is 2.35. The van der Waals surface area contributed by atoms with Gasteiger partial charge in [-0.3, -0.25) is 9.69 Å². The Bertz CT molecular complexity index is 604. The average molecular weight is 350 g/mol. The molecule has 25 heavy (non-hydrogen) atoms. The number of aliphatic hydroxyl groups excluding tert-OH is 1. The molecule has 0 radical (unpaired) electrons. The van der Waals surface area contributed by atoms with Crippen molar-refractivity contribution in [3.05, 3.63) is 35.1 Å². The number of aliphatic hydroxyl groups is 1. The first-order chi connectivity index (χ1) is 12.1. The highest BCUT2D eigenvalue weighted by molar-refractivity contribution is 5.79. The van der Waals surface area contributed by atoms with Crippen molar-refractivity contribution in [1.82, 2.24) is 9.80 Å². The van der Waals surface area contributed by atoms with Gasteiger partial charge in [-0.1, -0.05) is 12.1 Å². The zero-order valence-corrected chi connectivity index (χ0v) is 14.8. The van der Waals surface area contributed by atoms with Gasteiger partial charge in [0.15, 0.2) is 0 Å². The minimum absolute atomic E-state index is 0.00572. The zero-order chi connectivity index (χ0) is 17.8. The third-order valence-corrected chi connectivity index (χ3v) is 5.35. The molecule has 2 aliphatic rings. The van der Waals surface area contributed by atoms with Gasteiger partial charge in [-0.25, -0.2) is 4.39 Å². The van der Waals surface area contributed by atoms with Crippen molar-refractivity contribution in [1.29, 1.82) is 0 Å². The second kappa shape index (κ2) is 8.25. The average Bonchev–Trinajstić information content (AvgIpc) is 3.02. The second-order valence-electron chi connectivity index (χ2n) is 7.17. The summed E-state index contributed by atoms with van der Waals surface area (Å²) in [6.45, 7) is 7.25. The molecule has 2 fully saturated rings. The van der Waals surface area contributed by atoms with Gasteiger partial charge in [0.05, 0.1) is 19.6 Å².